The van der Waals surface area contributed by atoms with Crippen molar-refractivity contribution in [1.82, 2.24) is 20.2 Å². The van der Waals surface area contributed by atoms with E-state index >= 15 is 0 Å². The monoisotopic (exact) mass is 431 g/mol. The molecule has 2 unspecified atom stereocenters. The third kappa shape index (κ3) is 4.05. The average molecular weight is 432 g/mol. The van der Waals surface area contributed by atoms with E-state index in [0.717, 1.165) is 56.7 Å². The Kier molecular flexibility index (Phi) is 6.23. The van der Waals surface area contributed by atoms with Crippen LogP contribution in [0, 0.1) is 5.92 Å². The van der Waals surface area contributed by atoms with Crippen LogP contribution in [0.4, 0.5) is 5.82 Å². The van der Waals surface area contributed by atoms with Gasteiger partial charge in [-0.1, -0.05) is 37.5 Å². The number of hydrogen-bond donors (Lipinski definition) is 2. The lowest BCUT2D eigenvalue weighted by Crippen LogP contribution is -2.58. The van der Waals surface area contributed by atoms with Gasteiger partial charge in [0.15, 0.2) is 0 Å². The summed E-state index contributed by atoms with van der Waals surface area (Å²) in [7, 11) is 0. The van der Waals surface area contributed by atoms with Crippen LogP contribution in [0.15, 0.2) is 54.9 Å². The fourth-order valence-corrected chi connectivity index (χ4v) is 5.54. The van der Waals surface area contributed by atoms with E-state index in [4.69, 9.17) is 0 Å². The summed E-state index contributed by atoms with van der Waals surface area (Å²) >= 11 is 0. The van der Waals surface area contributed by atoms with Gasteiger partial charge in [0.2, 0.25) is 5.91 Å². The molecule has 32 heavy (non-hydrogen) atoms. The van der Waals surface area contributed by atoms with Crippen LogP contribution in [-0.2, 0) is 4.79 Å². The van der Waals surface area contributed by atoms with E-state index in [2.05, 4.69) is 51.4 Å². The molecule has 1 saturated carbocycles. The van der Waals surface area contributed by atoms with E-state index in [1.54, 1.807) is 6.20 Å². The van der Waals surface area contributed by atoms with Crippen molar-refractivity contribution in [2.45, 2.75) is 51.2 Å². The molecule has 1 amide bonds. The van der Waals surface area contributed by atoms with Crippen molar-refractivity contribution in [2.75, 3.05) is 24.5 Å². The van der Waals surface area contributed by atoms with Gasteiger partial charge in [-0.25, -0.2) is 4.98 Å². The zero-order chi connectivity index (χ0) is 21.9. The highest BCUT2D eigenvalue weighted by Gasteiger charge is 2.37. The van der Waals surface area contributed by atoms with Gasteiger partial charge < -0.3 is 10.3 Å². The second-order valence-electron chi connectivity index (χ2n) is 9.11. The third-order valence-electron chi connectivity index (χ3n) is 7.21. The van der Waals surface area contributed by atoms with Crippen LogP contribution >= 0.6 is 0 Å². The van der Waals surface area contributed by atoms with E-state index in [9.17, 15) is 4.79 Å². The highest BCUT2D eigenvalue weighted by Crippen LogP contribution is 2.34. The molecule has 3 aromatic rings. The molecule has 1 aliphatic carbocycles. The van der Waals surface area contributed by atoms with Gasteiger partial charge in [0.25, 0.3) is 0 Å². The minimum Gasteiger partial charge on any atom is -0.361 e. The molecule has 6 nitrogen and oxygen atoms in total. The molecule has 3 heterocycles. The summed E-state index contributed by atoms with van der Waals surface area (Å²) in [5.41, 5.74) is 2.45. The van der Waals surface area contributed by atoms with Crippen LogP contribution in [0.2, 0.25) is 0 Å². The minimum absolute atomic E-state index is 0.0828. The maximum atomic E-state index is 13.8. The number of amides is 1. The molecule has 1 aliphatic heterocycles. The number of carbonyl (C=O) groups is 1. The normalized spacial score (nSPS) is 21.5. The standard InChI is InChI=1S/C26H33N5O/c1-19(31(25-12-5-6-14-29-25)26(32)20-8-3-2-4-9-20)30-17-16-27-18-24(30)22-10-7-11-23-21(22)13-15-28-23/h5-7,10-15,19-20,24,27-28H,2-4,8-9,16-18H2,1H3. The van der Waals surface area contributed by atoms with Crippen molar-refractivity contribution < 1.29 is 4.79 Å². The number of aromatic amines is 1. The third-order valence-corrected chi connectivity index (χ3v) is 7.21. The average Bonchev–Trinajstić information content (AvgIpc) is 3.34. The molecular formula is C26H33N5O. The summed E-state index contributed by atoms with van der Waals surface area (Å²) in [6, 6.07) is 14.7. The number of nitrogens with one attached hydrogen (secondary N) is 2. The molecule has 1 aromatic carbocycles. The highest BCUT2D eigenvalue weighted by atomic mass is 16.2. The topological polar surface area (TPSA) is 64.3 Å². The fraction of sp³-hybridized carbons (Fsp3) is 0.462. The molecule has 0 bridgehead atoms. The maximum absolute atomic E-state index is 13.8. The van der Waals surface area contributed by atoms with Gasteiger partial charge in [-0.2, -0.15) is 0 Å². The number of piperazine rings is 1. The van der Waals surface area contributed by atoms with E-state index in [1.165, 1.54) is 17.4 Å². The maximum Gasteiger partial charge on any atom is 0.232 e. The summed E-state index contributed by atoms with van der Waals surface area (Å²) in [5, 5.41) is 4.83. The number of anilines is 1. The summed E-state index contributed by atoms with van der Waals surface area (Å²) in [4.78, 5) is 26.2. The largest absolute Gasteiger partial charge is 0.361 e. The van der Waals surface area contributed by atoms with Crippen LogP contribution in [0.5, 0.6) is 0 Å². The molecule has 168 valence electrons. The summed E-state index contributed by atoms with van der Waals surface area (Å²) < 4.78 is 0. The Morgan fingerprint density at radius 2 is 2.00 bits per heavy atom. The molecule has 2 N–H and O–H groups in total. The van der Waals surface area contributed by atoms with Crippen molar-refractivity contribution in [3.8, 4) is 0 Å². The van der Waals surface area contributed by atoms with Gasteiger partial charge in [0.05, 0.1) is 6.17 Å². The molecule has 5 rings (SSSR count). The van der Waals surface area contributed by atoms with Crippen molar-refractivity contribution in [3.63, 3.8) is 0 Å². The van der Waals surface area contributed by atoms with Crippen molar-refractivity contribution in [2.24, 2.45) is 5.92 Å². The van der Waals surface area contributed by atoms with Gasteiger partial charge in [0.1, 0.15) is 5.82 Å². The minimum atomic E-state index is -0.0828. The quantitative estimate of drug-likeness (QED) is 0.626. The Hall–Kier alpha value is -2.70. The Bertz CT molecular complexity index is 1040. The number of nitrogens with zero attached hydrogens (tertiary/aromatic N) is 3. The van der Waals surface area contributed by atoms with E-state index in [-0.39, 0.29) is 24.0 Å². The number of aromatic nitrogens is 2. The molecule has 0 radical (unpaired) electrons. The SMILES string of the molecule is CC(N(C(=O)C1CCCCC1)c1ccccn1)N1CCNCC1c1cccc2[nH]ccc12. The van der Waals surface area contributed by atoms with Gasteiger partial charge >= 0.3 is 0 Å². The smallest absolute Gasteiger partial charge is 0.232 e. The Balaban J connectivity index is 1.50. The Morgan fingerprint density at radius 1 is 1.12 bits per heavy atom. The van der Waals surface area contributed by atoms with Crippen LogP contribution < -0.4 is 10.2 Å². The predicted octanol–water partition coefficient (Wildman–Crippen LogP) is 4.47. The van der Waals surface area contributed by atoms with Crippen LogP contribution in [-0.4, -0.2) is 46.6 Å². The van der Waals surface area contributed by atoms with Gasteiger partial charge in [-0.15, -0.1) is 0 Å². The predicted molar refractivity (Wildman–Crippen MR) is 128 cm³/mol. The zero-order valence-corrected chi connectivity index (χ0v) is 18.8. The molecule has 1 saturated heterocycles. The summed E-state index contributed by atoms with van der Waals surface area (Å²) in [6.45, 7) is 4.83. The molecule has 0 spiro atoms. The van der Waals surface area contributed by atoms with E-state index < -0.39 is 0 Å². The molecule has 2 fully saturated rings. The summed E-state index contributed by atoms with van der Waals surface area (Å²) in [6.07, 6.45) is 9.22. The van der Waals surface area contributed by atoms with Crippen molar-refractivity contribution >= 4 is 22.6 Å². The number of fused-ring (bicyclic) bond motifs is 1. The lowest BCUT2D eigenvalue weighted by Gasteiger charge is -2.45. The first-order chi connectivity index (χ1) is 15.7. The van der Waals surface area contributed by atoms with Crippen LogP contribution in [0.1, 0.15) is 50.6 Å². The van der Waals surface area contributed by atoms with Gasteiger partial charge in [-0.05, 0) is 49.6 Å². The highest BCUT2D eigenvalue weighted by molar-refractivity contribution is 5.94. The van der Waals surface area contributed by atoms with Crippen LogP contribution in [0.3, 0.4) is 0 Å². The number of pyridine rings is 1. The molecule has 2 aromatic heterocycles. The Labute approximate surface area is 190 Å². The van der Waals surface area contributed by atoms with E-state index in [0.29, 0.717) is 0 Å². The lowest BCUT2D eigenvalue weighted by atomic mass is 9.88. The van der Waals surface area contributed by atoms with Crippen LogP contribution in [0.25, 0.3) is 10.9 Å². The second kappa shape index (κ2) is 9.43. The van der Waals surface area contributed by atoms with E-state index in [1.807, 2.05) is 29.3 Å². The van der Waals surface area contributed by atoms with Gasteiger partial charge in [-0.3, -0.25) is 14.6 Å². The first-order valence-corrected chi connectivity index (χ1v) is 12.0. The molecular weight excluding hydrogens is 398 g/mol. The molecule has 2 atom stereocenters. The number of benzene rings is 1. The molecule has 6 heteroatoms. The second-order valence-corrected chi connectivity index (χ2v) is 9.11. The number of H-pyrrole nitrogens is 1. The Morgan fingerprint density at radius 3 is 2.81 bits per heavy atom. The fourth-order valence-electron chi connectivity index (χ4n) is 5.54. The first kappa shape index (κ1) is 21.2. The van der Waals surface area contributed by atoms with Crippen molar-refractivity contribution in [1.29, 1.82) is 0 Å². The number of rotatable bonds is 5. The first-order valence-electron chi connectivity index (χ1n) is 12.0. The lowest BCUT2D eigenvalue weighted by molar-refractivity contribution is -0.124. The van der Waals surface area contributed by atoms with Crippen molar-refractivity contribution in [3.05, 3.63) is 60.4 Å². The molecule has 2 aliphatic rings. The number of carbonyl (C=O) groups excluding carboxylic acids is 1. The van der Waals surface area contributed by atoms with Gasteiger partial charge in [0, 0.05) is 54.9 Å². The number of hydrogen-bond acceptors (Lipinski definition) is 4. The summed E-state index contributed by atoms with van der Waals surface area (Å²) in [5.74, 6) is 1.09. The zero-order valence-electron chi connectivity index (χ0n) is 18.8.